The van der Waals surface area contributed by atoms with Gasteiger partial charge in [-0.25, -0.2) is 4.79 Å². The van der Waals surface area contributed by atoms with Crippen LogP contribution in [0.15, 0.2) is 18.2 Å². The van der Waals surface area contributed by atoms with Gasteiger partial charge in [-0.05, 0) is 25.5 Å². The summed E-state index contributed by atoms with van der Waals surface area (Å²) in [6.07, 6.45) is 0.858. The molecule has 3 amide bonds. The summed E-state index contributed by atoms with van der Waals surface area (Å²) in [7, 11) is 3.13. The number of urea groups is 1. The van der Waals surface area contributed by atoms with E-state index in [-0.39, 0.29) is 11.9 Å². The molecule has 1 heterocycles. The summed E-state index contributed by atoms with van der Waals surface area (Å²) in [5.41, 5.74) is 0.684. The van der Waals surface area contributed by atoms with E-state index >= 15 is 0 Å². The van der Waals surface area contributed by atoms with Gasteiger partial charge in [-0.2, -0.15) is 0 Å². The van der Waals surface area contributed by atoms with Crippen LogP contribution in [0, 0.1) is 0 Å². The van der Waals surface area contributed by atoms with Crippen molar-refractivity contribution in [3.05, 3.63) is 18.2 Å². The molecule has 1 atom stereocenters. The number of nitrogens with one attached hydrogen (secondary N) is 1. The van der Waals surface area contributed by atoms with Crippen molar-refractivity contribution in [3.63, 3.8) is 0 Å². The number of amides is 3. The van der Waals surface area contributed by atoms with E-state index in [9.17, 15) is 9.59 Å². The van der Waals surface area contributed by atoms with Crippen molar-refractivity contribution in [1.29, 1.82) is 0 Å². The normalized spacial score (nSPS) is 17.7. The maximum atomic E-state index is 12.8. The minimum absolute atomic E-state index is 0.128. The van der Waals surface area contributed by atoms with E-state index < -0.39 is 6.04 Å². The Balaban J connectivity index is 2.18. The van der Waals surface area contributed by atoms with E-state index in [0.29, 0.717) is 36.8 Å². The maximum absolute atomic E-state index is 12.8. The van der Waals surface area contributed by atoms with Crippen molar-refractivity contribution >= 4 is 17.6 Å². The van der Waals surface area contributed by atoms with Gasteiger partial charge in [0.25, 0.3) is 0 Å². The number of anilines is 1. The number of carbonyl (C=O) groups is 2. The van der Waals surface area contributed by atoms with Gasteiger partial charge in [0.05, 0.1) is 19.9 Å². The molecule has 1 saturated heterocycles. The molecule has 0 aromatic heterocycles. The fourth-order valence-corrected chi connectivity index (χ4v) is 2.73. The minimum atomic E-state index is -0.526. The summed E-state index contributed by atoms with van der Waals surface area (Å²) in [5.74, 6) is 1.10. The van der Waals surface area contributed by atoms with Crippen LogP contribution >= 0.6 is 0 Å². The topological polar surface area (TPSA) is 71.1 Å². The summed E-state index contributed by atoms with van der Waals surface area (Å²) in [5, 5.41) is 2.82. The van der Waals surface area contributed by atoms with E-state index in [0.717, 1.165) is 6.42 Å². The van der Waals surface area contributed by atoms with Crippen LogP contribution in [0.4, 0.5) is 10.5 Å². The molecule has 0 spiro atoms. The van der Waals surface area contributed by atoms with Gasteiger partial charge >= 0.3 is 6.03 Å². The number of hydrogen-bond acceptors (Lipinski definition) is 4. The third-order valence-corrected chi connectivity index (χ3v) is 4.12. The number of rotatable bonds is 5. The van der Waals surface area contributed by atoms with Crippen molar-refractivity contribution < 1.29 is 19.1 Å². The molecule has 1 aliphatic rings. The quantitative estimate of drug-likeness (QED) is 0.891. The largest absolute Gasteiger partial charge is 0.497 e. The Bertz CT molecular complexity index is 605. The molecule has 1 aromatic carbocycles. The number of methoxy groups -OCH3 is 2. The number of benzene rings is 1. The molecule has 7 nitrogen and oxygen atoms in total. The van der Waals surface area contributed by atoms with Gasteiger partial charge in [-0.1, -0.05) is 6.92 Å². The second-order valence-electron chi connectivity index (χ2n) is 5.63. The van der Waals surface area contributed by atoms with Gasteiger partial charge in [-0.15, -0.1) is 0 Å². The molecule has 1 fully saturated rings. The maximum Gasteiger partial charge on any atom is 0.318 e. The smallest absolute Gasteiger partial charge is 0.318 e. The predicted molar refractivity (Wildman–Crippen MR) is 91.8 cm³/mol. The molecule has 0 aliphatic carbocycles. The Morgan fingerprint density at radius 1 is 1.29 bits per heavy atom. The zero-order chi connectivity index (χ0) is 17.7. The van der Waals surface area contributed by atoms with E-state index in [1.54, 1.807) is 49.1 Å². The lowest BCUT2D eigenvalue weighted by Crippen LogP contribution is -2.59. The number of carbonyl (C=O) groups excluding carboxylic acids is 2. The van der Waals surface area contributed by atoms with Crippen LogP contribution in [0.3, 0.4) is 0 Å². The molecule has 1 aliphatic heterocycles. The second-order valence-corrected chi connectivity index (χ2v) is 5.63. The lowest BCUT2D eigenvalue weighted by atomic mass is 10.1. The van der Waals surface area contributed by atoms with E-state index in [4.69, 9.17) is 9.47 Å². The SMILES string of the molecule is CCCNC(=O)N1CCN(c2ccc(OC)cc2OC)C(=O)C1C. The molecule has 0 bridgehead atoms. The van der Waals surface area contributed by atoms with Crippen molar-refractivity contribution in [3.8, 4) is 11.5 Å². The molecule has 1 aromatic rings. The average Bonchev–Trinajstić information content (AvgIpc) is 2.61. The number of hydrogen-bond donors (Lipinski definition) is 1. The molecule has 7 heteroatoms. The van der Waals surface area contributed by atoms with Crippen LogP contribution in [-0.2, 0) is 4.79 Å². The summed E-state index contributed by atoms with van der Waals surface area (Å²) in [4.78, 5) is 28.2. The third-order valence-electron chi connectivity index (χ3n) is 4.12. The highest BCUT2D eigenvalue weighted by atomic mass is 16.5. The third kappa shape index (κ3) is 3.55. The Hall–Kier alpha value is -2.44. The van der Waals surface area contributed by atoms with Crippen molar-refractivity contribution in [2.75, 3.05) is 38.8 Å². The number of nitrogens with zero attached hydrogens (tertiary/aromatic N) is 2. The van der Waals surface area contributed by atoms with Gasteiger partial charge in [-0.3, -0.25) is 4.79 Å². The van der Waals surface area contributed by atoms with E-state index in [1.807, 2.05) is 6.92 Å². The highest BCUT2D eigenvalue weighted by Crippen LogP contribution is 2.33. The summed E-state index contributed by atoms with van der Waals surface area (Å²) in [6.45, 7) is 5.23. The van der Waals surface area contributed by atoms with Crippen LogP contribution < -0.4 is 19.7 Å². The van der Waals surface area contributed by atoms with Crippen LogP contribution in [0.1, 0.15) is 20.3 Å². The molecule has 0 saturated carbocycles. The highest BCUT2D eigenvalue weighted by Gasteiger charge is 2.35. The first kappa shape index (κ1) is 17.9. The number of piperazine rings is 1. The first-order valence-corrected chi connectivity index (χ1v) is 8.11. The number of ether oxygens (including phenoxy) is 2. The molecule has 24 heavy (non-hydrogen) atoms. The van der Waals surface area contributed by atoms with Gasteiger partial charge < -0.3 is 24.6 Å². The zero-order valence-electron chi connectivity index (χ0n) is 14.7. The van der Waals surface area contributed by atoms with Gasteiger partial charge in [0.2, 0.25) is 5.91 Å². The highest BCUT2D eigenvalue weighted by molar-refractivity contribution is 6.01. The molecule has 0 radical (unpaired) electrons. The molecule has 1 unspecified atom stereocenters. The van der Waals surface area contributed by atoms with E-state index in [2.05, 4.69) is 5.32 Å². The average molecular weight is 335 g/mol. The molecule has 1 N–H and O–H groups in total. The van der Waals surface area contributed by atoms with Gasteiger partial charge in [0.15, 0.2) is 0 Å². The van der Waals surface area contributed by atoms with Crippen LogP contribution in [-0.4, -0.2) is 56.7 Å². The first-order chi connectivity index (χ1) is 11.5. The van der Waals surface area contributed by atoms with Gasteiger partial charge in [0.1, 0.15) is 17.5 Å². The van der Waals surface area contributed by atoms with Crippen LogP contribution in [0.2, 0.25) is 0 Å². The fraction of sp³-hybridized carbons (Fsp3) is 0.529. The molecule has 2 rings (SSSR count). The summed E-state index contributed by atoms with van der Waals surface area (Å²) >= 11 is 0. The van der Waals surface area contributed by atoms with Crippen molar-refractivity contribution in [2.24, 2.45) is 0 Å². The predicted octanol–water partition coefficient (Wildman–Crippen LogP) is 1.86. The Morgan fingerprint density at radius 2 is 2.04 bits per heavy atom. The summed E-state index contributed by atoms with van der Waals surface area (Å²) < 4.78 is 10.6. The monoisotopic (exact) mass is 335 g/mol. The Morgan fingerprint density at radius 3 is 2.67 bits per heavy atom. The summed E-state index contributed by atoms with van der Waals surface area (Å²) in [6, 6.07) is 4.61. The van der Waals surface area contributed by atoms with Crippen LogP contribution in [0.5, 0.6) is 11.5 Å². The standard InChI is InChI=1S/C17H25N3O4/c1-5-8-18-17(22)19-9-10-20(16(21)12(19)2)14-7-6-13(23-3)11-15(14)24-4/h6-7,11-12H,5,8-10H2,1-4H3,(H,18,22). The van der Waals surface area contributed by atoms with Gasteiger partial charge in [0, 0.05) is 25.7 Å². The second kappa shape index (κ2) is 7.90. The van der Waals surface area contributed by atoms with Crippen LogP contribution in [0.25, 0.3) is 0 Å². The lowest BCUT2D eigenvalue weighted by Gasteiger charge is -2.39. The molecule has 132 valence electrons. The molecular weight excluding hydrogens is 310 g/mol. The first-order valence-electron chi connectivity index (χ1n) is 8.11. The van der Waals surface area contributed by atoms with Crippen molar-refractivity contribution in [1.82, 2.24) is 10.2 Å². The van der Waals surface area contributed by atoms with E-state index in [1.165, 1.54) is 0 Å². The Labute approximate surface area is 142 Å². The molecular formula is C17H25N3O4. The lowest BCUT2D eigenvalue weighted by molar-refractivity contribution is -0.124. The minimum Gasteiger partial charge on any atom is -0.497 e. The fourth-order valence-electron chi connectivity index (χ4n) is 2.73. The van der Waals surface area contributed by atoms with Crippen molar-refractivity contribution in [2.45, 2.75) is 26.3 Å². The Kier molecular flexibility index (Phi) is 5.89. The zero-order valence-corrected chi connectivity index (χ0v) is 14.7.